The van der Waals surface area contributed by atoms with Gasteiger partial charge >= 0.3 is 0 Å². The van der Waals surface area contributed by atoms with Crippen LogP contribution < -0.4 is 0 Å². The van der Waals surface area contributed by atoms with Gasteiger partial charge in [0.05, 0.1) is 12.7 Å². The Bertz CT molecular complexity index is 87.6. The molecule has 0 bridgehead atoms. The van der Waals surface area contributed by atoms with Crippen LogP contribution >= 0.6 is 0 Å². The van der Waals surface area contributed by atoms with Crippen LogP contribution in [0.4, 0.5) is 0 Å². The molecule has 2 heteroatoms. The molecule has 0 aromatic carbocycles. The van der Waals surface area contributed by atoms with E-state index in [0.717, 1.165) is 13.0 Å². The molecule has 0 aliphatic carbocycles. The van der Waals surface area contributed by atoms with Crippen molar-refractivity contribution in [2.75, 3.05) is 6.61 Å². The second-order valence-corrected chi connectivity index (χ2v) is 3.04. The van der Waals surface area contributed by atoms with Crippen molar-refractivity contribution in [3.8, 4) is 0 Å². The van der Waals surface area contributed by atoms with Gasteiger partial charge in [0, 0.05) is 0 Å². The summed E-state index contributed by atoms with van der Waals surface area (Å²) in [5.41, 5.74) is 0. The normalized spacial score (nSPS) is 24.3. The van der Waals surface area contributed by atoms with Crippen LogP contribution in [0.1, 0.15) is 39.0 Å². The molecule has 1 radical (unpaired) electrons. The third kappa shape index (κ3) is 3.73. The van der Waals surface area contributed by atoms with Crippen molar-refractivity contribution in [1.82, 2.24) is 0 Å². The first kappa shape index (κ1) is 9.01. The first-order valence-corrected chi connectivity index (χ1v) is 4.52. The molecule has 0 saturated carbocycles. The van der Waals surface area contributed by atoms with E-state index >= 15 is 0 Å². The van der Waals surface area contributed by atoms with Crippen LogP contribution in [0.2, 0.25) is 0 Å². The first-order chi connectivity index (χ1) is 5.43. The molecule has 2 nitrogen and oxygen atoms in total. The summed E-state index contributed by atoms with van der Waals surface area (Å²) in [7, 11) is 0. The molecule has 1 aliphatic rings. The second-order valence-electron chi connectivity index (χ2n) is 3.04. The van der Waals surface area contributed by atoms with Gasteiger partial charge in [-0.05, 0) is 6.42 Å². The molecule has 1 atom stereocenters. The molecule has 1 heterocycles. The summed E-state index contributed by atoms with van der Waals surface area (Å²) in [5, 5.41) is 0. The summed E-state index contributed by atoms with van der Waals surface area (Å²) in [5.74, 6) is 0. The van der Waals surface area contributed by atoms with Gasteiger partial charge in [0.25, 0.3) is 0 Å². The molecule has 0 spiro atoms. The van der Waals surface area contributed by atoms with E-state index in [-0.39, 0.29) is 0 Å². The fraction of sp³-hybridized carbons (Fsp3) is 0.889. The smallest absolute Gasteiger partial charge is 0.209 e. The highest BCUT2D eigenvalue weighted by Gasteiger charge is 2.15. The molecule has 0 aromatic rings. The number of rotatable bonds is 5. The Morgan fingerprint density at radius 1 is 1.36 bits per heavy atom. The minimum atomic E-state index is 0.340. The maximum Gasteiger partial charge on any atom is 0.209 e. The van der Waals surface area contributed by atoms with Crippen molar-refractivity contribution in [2.45, 2.75) is 45.1 Å². The topological polar surface area (TPSA) is 18.5 Å². The zero-order chi connectivity index (χ0) is 7.94. The van der Waals surface area contributed by atoms with Crippen LogP contribution in [-0.2, 0) is 9.47 Å². The van der Waals surface area contributed by atoms with Gasteiger partial charge in [-0.25, -0.2) is 0 Å². The van der Waals surface area contributed by atoms with Crippen LogP contribution in [0, 0.1) is 6.79 Å². The number of ether oxygens (including phenoxy) is 2. The lowest BCUT2D eigenvalue weighted by Gasteiger charge is -2.05. The fourth-order valence-electron chi connectivity index (χ4n) is 1.25. The maximum absolute atomic E-state index is 5.19. The zero-order valence-electron chi connectivity index (χ0n) is 7.21. The Hall–Kier alpha value is -0.0800. The van der Waals surface area contributed by atoms with Crippen LogP contribution in [0.5, 0.6) is 0 Å². The fourth-order valence-corrected chi connectivity index (χ4v) is 1.25. The molecule has 1 fully saturated rings. The van der Waals surface area contributed by atoms with Crippen molar-refractivity contribution in [1.29, 1.82) is 0 Å². The van der Waals surface area contributed by atoms with Gasteiger partial charge in [-0.15, -0.1) is 0 Å². The summed E-state index contributed by atoms with van der Waals surface area (Å²) >= 11 is 0. The molecular formula is C9H17O2. The first-order valence-electron chi connectivity index (χ1n) is 4.52. The van der Waals surface area contributed by atoms with Crippen molar-refractivity contribution in [2.24, 2.45) is 0 Å². The molecular weight excluding hydrogens is 140 g/mol. The van der Waals surface area contributed by atoms with Gasteiger partial charge in [0.1, 0.15) is 0 Å². The van der Waals surface area contributed by atoms with Gasteiger partial charge < -0.3 is 9.47 Å². The Balaban J connectivity index is 1.86. The van der Waals surface area contributed by atoms with E-state index in [4.69, 9.17) is 9.47 Å². The largest absolute Gasteiger partial charge is 0.345 e. The highest BCUT2D eigenvalue weighted by Crippen LogP contribution is 2.14. The summed E-state index contributed by atoms with van der Waals surface area (Å²) < 4.78 is 10.2. The number of hydrogen-bond donors (Lipinski definition) is 0. The number of unbranched alkanes of at least 4 members (excludes halogenated alkanes) is 3. The zero-order valence-corrected chi connectivity index (χ0v) is 7.21. The molecule has 1 saturated heterocycles. The van der Waals surface area contributed by atoms with Crippen LogP contribution in [0.25, 0.3) is 0 Å². The van der Waals surface area contributed by atoms with E-state index < -0.39 is 0 Å². The maximum atomic E-state index is 5.19. The lowest BCUT2D eigenvalue weighted by atomic mass is 10.1. The predicted molar refractivity (Wildman–Crippen MR) is 43.9 cm³/mol. The minimum Gasteiger partial charge on any atom is -0.345 e. The molecule has 11 heavy (non-hydrogen) atoms. The number of hydrogen-bond acceptors (Lipinski definition) is 2. The van der Waals surface area contributed by atoms with E-state index in [1.807, 2.05) is 0 Å². The monoisotopic (exact) mass is 157 g/mol. The Morgan fingerprint density at radius 3 is 2.91 bits per heavy atom. The molecule has 0 aromatic heterocycles. The molecule has 1 rings (SSSR count). The van der Waals surface area contributed by atoms with Crippen molar-refractivity contribution >= 4 is 0 Å². The van der Waals surface area contributed by atoms with Crippen molar-refractivity contribution < 1.29 is 9.47 Å². The van der Waals surface area contributed by atoms with Crippen LogP contribution in [0.15, 0.2) is 0 Å². The standard InChI is InChI=1S/C9H17O2/c1-2-3-4-5-6-9-7-10-8-11-9/h8-9H,2-7H2,1H3. The highest BCUT2D eigenvalue weighted by atomic mass is 16.7. The van der Waals surface area contributed by atoms with E-state index in [1.54, 1.807) is 0 Å². The predicted octanol–water partition coefficient (Wildman–Crippen LogP) is 2.49. The van der Waals surface area contributed by atoms with E-state index in [9.17, 15) is 0 Å². The van der Waals surface area contributed by atoms with Gasteiger partial charge in [0.15, 0.2) is 0 Å². The van der Waals surface area contributed by atoms with Crippen LogP contribution in [-0.4, -0.2) is 12.7 Å². The Labute approximate surface area is 68.9 Å². The summed E-state index contributed by atoms with van der Waals surface area (Å²) in [4.78, 5) is 0. The quantitative estimate of drug-likeness (QED) is 0.571. The third-order valence-corrected chi connectivity index (χ3v) is 1.98. The van der Waals surface area contributed by atoms with Gasteiger partial charge in [-0.1, -0.05) is 32.6 Å². The van der Waals surface area contributed by atoms with E-state index in [0.29, 0.717) is 6.10 Å². The lowest BCUT2D eigenvalue weighted by molar-refractivity contribution is 0.122. The summed E-state index contributed by atoms with van der Waals surface area (Å²) in [6.07, 6.45) is 6.74. The molecule has 65 valence electrons. The molecule has 0 N–H and O–H groups in total. The minimum absolute atomic E-state index is 0.340. The summed E-state index contributed by atoms with van der Waals surface area (Å²) in [6.45, 7) is 4.44. The van der Waals surface area contributed by atoms with E-state index in [1.165, 1.54) is 32.5 Å². The van der Waals surface area contributed by atoms with Gasteiger partial charge in [0.2, 0.25) is 6.79 Å². The third-order valence-electron chi connectivity index (χ3n) is 1.98. The lowest BCUT2D eigenvalue weighted by Crippen LogP contribution is -2.08. The van der Waals surface area contributed by atoms with Crippen molar-refractivity contribution in [3.05, 3.63) is 6.79 Å². The van der Waals surface area contributed by atoms with Gasteiger partial charge in [-0.2, -0.15) is 0 Å². The average Bonchev–Trinajstić information content (AvgIpc) is 2.50. The van der Waals surface area contributed by atoms with E-state index in [2.05, 4.69) is 6.92 Å². The Morgan fingerprint density at radius 2 is 2.27 bits per heavy atom. The highest BCUT2D eigenvalue weighted by molar-refractivity contribution is 4.63. The molecule has 1 unspecified atom stereocenters. The second kappa shape index (κ2) is 5.56. The molecule has 1 aliphatic heterocycles. The Kier molecular flexibility index (Phi) is 4.55. The van der Waals surface area contributed by atoms with Crippen LogP contribution in [0.3, 0.4) is 0 Å². The SMILES string of the molecule is CCCCCCC1CO[CH]O1. The van der Waals surface area contributed by atoms with Crippen molar-refractivity contribution in [3.63, 3.8) is 0 Å². The van der Waals surface area contributed by atoms with Gasteiger partial charge in [-0.3, -0.25) is 0 Å². The molecule has 0 amide bonds. The summed E-state index contributed by atoms with van der Waals surface area (Å²) in [6, 6.07) is 0. The average molecular weight is 157 g/mol.